The molecule has 0 radical (unpaired) electrons. The molecule has 1 aliphatic heterocycles. The van der Waals surface area contributed by atoms with Crippen LogP contribution in [0, 0.1) is 6.92 Å². The zero-order valence-electron chi connectivity index (χ0n) is 9.86. The molecule has 2 atom stereocenters. The maximum Gasteiger partial charge on any atom is 0.276 e. The van der Waals surface area contributed by atoms with Gasteiger partial charge in [-0.3, -0.25) is 4.79 Å². The Morgan fingerprint density at radius 3 is 3.00 bits per heavy atom. The number of aryl methyl sites for hydroxylation is 1. The van der Waals surface area contributed by atoms with Crippen molar-refractivity contribution in [3.8, 4) is 0 Å². The number of rotatable bonds is 1. The summed E-state index contributed by atoms with van der Waals surface area (Å²) >= 11 is 0. The van der Waals surface area contributed by atoms with Crippen molar-refractivity contribution in [3.63, 3.8) is 0 Å². The van der Waals surface area contributed by atoms with Crippen LogP contribution in [-0.2, 0) is 0 Å². The monoisotopic (exact) mass is 223 g/mol. The van der Waals surface area contributed by atoms with Crippen LogP contribution in [0.15, 0.2) is 10.8 Å². The third-order valence-electron chi connectivity index (χ3n) is 3.24. The van der Waals surface area contributed by atoms with Crippen molar-refractivity contribution < 1.29 is 9.21 Å². The summed E-state index contributed by atoms with van der Waals surface area (Å²) in [5.74, 6) is 0.551. The number of nitrogens with one attached hydrogen (secondary N) is 1. The van der Waals surface area contributed by atoms with Gasteiger partial charge in [0.1, 0.15) is 5.76 Å². The first-order chi connectivity index (χ1) is 7.61. The number of carbonyl (C=O) groups is 1. The fourth-order valence-electron chi connectivity index (χ4n) is 1.99. The van der Waals surface area contributed by atoms with Gasteiger partial charge < -0.3 is 14.6 Å². The van der Waals surface area contributed by atoms with Crippen LogP contribution in [0.5, 0.6) is 0 Å². The highest BCUT2D eigenvalue weighted by Crippen LogP contribution is 2.15. The van der Waals surface area contributed by atoms with Gasteiger partial charge in [-0.2, -0.15) is 0 Å². The summed E-state index contributed by atoms with van der Waals surface area (Å²) in [6, 6.07) is 0.488. The fourth-order valence-corrected chi connectivity index (χ4v) is 1.99. The van der Waals surface area contributed by atoms with E-state index >= 15 is 0 Å². The quantitative estimate of drug-likeness (QED) is 0.765. The number of amides is 1. The third-order valence-corrected chi connectivity index (χ3v) is 3.24. The van der Waals surface area contributed by atoms with Gasteiger partial charge in [0.25, 0.3) is 5.91 Å². The van der Waals surface area contributed by atoms with E-state index < -0.39 is 0 Å². The molecule has 16 heavy (non-hydrogen) atoms. The van der Waals surface area contributed by atoms with Crippen molar-refractivity contribution in [2.45, 2.75) is 32.9 Å². The SMILES string of the molecule is Cc1ocnc1C(=O)N1CCNC(C)C1C. The minimum Gasteiger partial charge on any atom is -0.448 e. The lowest BCUT2D eigenvalue weighted by atomic mass is 10.1. The van der Waals surface area contributed by atoms with Gasteiger partial charge in [-0.15, -0.1) is 0 Å². The van der Waals surface area contributed by atoms with Crippen molar-refractivity contribution in [3.05, 3.63) is 17.8 Å². The second-order valence-corrected chi connectivity index (χ2v) is 4.24. The van der Waals surface area contributed by atoms with Gasteiger partial charge in [0.2, 0.25) is 0 Å². The minimum atomic E-state index is -0.0351. The van der Waals surface area contributed by atoms with Crippen molar-refractivity contribution >= 4 is 5.91 Å². The van der Waals surface area contributed by atoms with Crippen LogP contribution in [0.3, 0.4) is 0 Å². The Bertz CT molecular complexity index is 388. The van der Waals surface area contributed by atoms with Crippen LogP contribution in [-0.4, -0.2) is 41.0 Å². The summed E-state index contributed by atoms with van der Waals surface area (Å²) in [5.41, 5.74) is 0.431. The van der Waals surface area contributed by atoms with Crippen LogP contribution >= 0.6 is 0 Å². The molecule has 2 heterocycles. The Hall–Kier alpha value is -1.36. The Balaban J connectivity index is 2.18. The van der Waals surface area contributed by atoms with E-state index in [0.717, 1.165) is 13.1 Å². The van der Waals surface area contributed by atoms with E-state index in [1.54, 1.807) is 6.92 Å². The molecule has 1 aromatic rings. The van der Waals surface area contributed by atoms with Crippen LogP contribution in [0.2, 0.25) is 0 Å². The number of carbonyl (C=O) groups excluding carboxylic acids is 1. The molecule has 1 saturated heterocycles. The van der Waals surface area contributed by atoms with Gasteiger partial charge in [-0.05, 0) is 20.8 Å². The molecule has 0 bridgehead atoms. The van der Waals surface area contributed by atoms with E-state index in [1.165, 1.54) is 6.39 Å². The van der Waals surface area contributed by atoms with Gasteiger partial charge in [-0.1, -0.05) is 0 Å². The van der Waals surface area contributed by atoms with E-state index in [4.69, 9.17) is 4.42 Å². The molecule has 1 fully saturated rings. The summed E-state index contributed by atoms with van der Waals surface area (Å²) in [7, 11) is 0. The Morgan fingerprint density at radius 2 is 2.38 bits per heavy atom. The smallest absolute Gasteiger partial charge is 0.276 e. The van der Waals surface area contributed by atoms with Crippen LogP contribution in [0.1, 0.15) is 30.1 Å². The van der Waals surface area contributed by atoms with Gasteiger partial charge in [-0.25, -0.2) is 4.98 Å². The zero-order chi connectivity index (χ0) is 11.7. The Morgan fingerprint density at radius 1 is 1.62 bits per heavy atom. The second-order valence-electron chi connectivity index (χ2n) is 4.24. The molecule has 5 heteroatoms. The maximum atomic E-state index is 12.2. The standard InChI is InChI=1S/C11H17N3O2/c1-7-8(2)14(5-4-12-7)11(15)10-9(3)16-6-13-10/h6-8,12H,4-5H2,1-3H3. The topological polar surface area (TPSA) is 58.4 Å². The number of oxazole rings is 1. The van der Waals surface area contributed by atoms with E-state index in [0.29, 0.717) is 17.5 Å². The average molecular weight is 223 g/mol. The molecular weight excluding hydrogens is 206 g/mol. The van der Waals surface area contributed by atoms with E-state index in [2.05, 4.69) is 17.2 Å². The molecule has 0 aliphatic carbocycles. The van der Waals surface area contributed by atoms with Crippen molar-refractivity contribution in [1.82, 2.24) is 15.2 Å². The van der Waals surface area contributed by atoms with Crippen LogP contribution in [0.4, 0.5) is 0 Å². The highest BCUT2D eigenvalue weighted by atomic mass is 16.3. The summed E-state index contributed by atoms with van der Waals surface area (Å²) in [6.45, 7) is 7.44. The maximum absolute atomic E-state index is 12.2. The van der Waals surface area contributed by atoms with Gasteiger partial charge in [0, 0.05) is 25.2 Å². The largest absolute Gasteiger partial charge is 0.448 e. The normalized spacial score (nSPS) is 25.8. The predicted molar refractivity (Wildman–Crippen MR) is 59.2 cm³/mol. The molecule has 0 aromatic carbocycles. The summed E-state index contributed by atoms with van der Waals surface area (Å²) in [6.07, 6.45) is 1.32. The number of nitrogens with zero attached hydrogens (tertiary/aromatic N) is 2. The van der Waals surface area contributed by atoms with Gasteiger partial charge >= 0.3 is 0 Å². The number of aromatic nitrogens is 1. The molecular formula is C11H17N3O2. The molecule has 2 unspecified atom stereocenters. The first kappa shape index (κ1) is 11.1. The van der Waals surface area contributed by atoms with Gasteiger partial charge in [0.05, 0.1) is 0 Å². The molecule has 1 aromatic heterocycles. The highest BCUT2D eigenvalue weighted by Gasteiger charge is 2.30. The molecule has 0 saturated carbocycles. The third kappa shape index (κ3) is 1.82. The Kier molecular flexibility index (Phi) is 2.96. The Labute approximate surface area is 94.8 Å². The fraction of sp³-hybridized carbons (Fsp3) is 0.636. The number of piperazine rings is 1. The molecule has 0 spiro atoms. The van der Waals surface area contributed by atoms with Crippen molar-refractivity contribution in [2.24, 2.45) is 0 Å². The molecule has 1 amide bonds. The predicted octanol–water partition coefficient (Wildman–Crippen LogP) is 0.805. The molecule has 2 rings (SSSR count). The average Bonchev–Trinajstić information content (AvgIpc) is 2.68. The molecule has 5 nitrogen and oxygen atoms in total. The number of hydrogen-bond donors (Lipinski definition) is 1. The van der Waals surface area contributed by atoms with Gasteiger partial charge in [0.15, 0.2) is 12.1 Å². The van der Waals surface area contributed by atoms with Crippen LogP contribution in [0.25, 0.3) is 0 Å². The van der Waals surface area contributed by atoms with E-state index in [1.807, 2.05) is 11.8 Å². The molecule has 88 valence electrons. The molecule has 1 aliphatic rings. The lowest BCUT2D eigenvalue weighted by molar-refractivity contribution is 0.0596. The van der Waals surface area contributed by atoms with Crippen molar-refractivity contribution in [2.75, 3.05) is 13.1 Å². The summed E-state index contributed by atoms with van der Waals surface area (Å²) in [5, 5.41) is 3.34. The number of hydrogen-bond acceptors (Lipinski definition) is 4. The minimum absolute atomic E-state index is 0.0351. The molecule has 1 N–H and O–H groups in total. The first-order valence-corrected chi connectivity index (χ1v) is 5.55. The van der Waals surface area contributed by atoms with Crippen LogP contribution < -0.4 is 5.32 Å². The van der Waals surface area contributed by atoms with E-state index in [-0.39, 0.29) is 11.9 Å². The second kappa shape index (κ2) is 4.25. The zero-order valence-corrected chi connectivity index (χ0v) is 9.86. The first-order valence-electron chi connectivity index (χ1n) is 5.55. The lowest BCUT2D eigenvalue weighted by Crippen LogP contribution is -2.57. The highest BCUT2D eigenvalue weighted by molar-refractivity contribution is 5.93. The summed E-state index contributed by atoms with van der Waals surface area (Å²) < 4.78 is 5.06. The lowest BCUT2D eigenvalue weighted by Gasteiger charge is -2.38. The van der Waals surface area contributed by atoms with E-state index in [9.17, 15) is 4.79 Å². The summed E-state index contributed by atoms with van der Waals surface area (Å²) in [4.78, 5) is 18.0. The van der Waals surface area contributed by atoms with Crippen molar-refractivity contribution in [1.29, 1.82) is 0 Å².